The first kappa shape index (κ1) is 14.1. The number of benzene rings is 2. The summed E-state index contributed by atoms with van der Waals surface area (Å²) in [5.41, 5.74) is 1.16. The van der Waals surface area contributed by atoms with Crippen LogP contribution in [0, 0.1) is 6.92 Å². The fourth-order valence-electron chi connectivity index (χ4n) is 2.37. The Morgan fingerprint density at radius 3 is 2.45 bits per heavy atom. The van der Waals surface area contributed by atoms with Crippen molar-refractivity contribution in [2.75, 3.05) is 6.61 Å². The number of rotatable bonds is 2. The average molecular weight is 272 g/mol. The highest BCUT2D eigenvalue weighted by Crippen LogP contribution is 2.30. The van der Waals surface area contributed by atoms with Gasteiger partial charge in [0, 0.05) is 10.9 Å². The molecule has 0 aliphatic rings. The van der Waals surface area contributed by atoms with Crippen LogP contribution in [0.4, 0.5) is 0 Å². The van der Waals surface area contributed by atoms with Gasteiger partial charge >= 0.3 is 5.63 Å². The Hall–Kier alpha value is -2.33. The molecule has 0 atom stereocenters. The lowest BCUT2D eigenvalue weighted by Crippen LogP contribution is -2.01. The van der Waals surface area contributed by atoms with Gasteiger partial charge in [-0.2, -0.15) is 0 Å². The monoisotopic (exact) mass is 272 g/mol. The Kier molecular flexibility index (Phi) is 3.77. The second kappa shape index (κ2) is 5.35. The van der Waals surface area contributed by atoms with Crippen LogP contribution in [0.1, 0.15) is 12.5 Å². The number of ether oxygens (including phenoxy) is 1. The van der Waals surface area contributed by atoms with Gasteiger partial charge in [0.05, 0.1) is 12.0 Å². The zero-order valence-corrected chi connectivity index (χ0v) is 11.4. The summed E-state index contributed by atoms with van der Waals surface area (Å²) in [7, 11) is 0. The molecule has 4 nitrogen and oxygen atoms in total. The molecule has 0 spiro atoms. The number of aryl methyl sites for hydroxylation is 1. The molecule has 0 saturated carbocycles. The minimum absolute atomic E-state index is 0. The minimum atomic E-state index is -0.306. The van der Waals surface area contributed by atoms with E-state index >= 15 is 0 Å². The average Bonchev–Trinajstić information content (AvgIpc) is 2.43. The van der Waals surface area contributed by atoms with Gasteiger partial charge < -0.3 is 14.6 Å². The molecule has 1 aromatic heterocycles. The van der Waals surface area contributed by atoms with E-state index in [0.717, 1.165) is 22.1 Å². The largest absolute Gasteiger partial charge is 0.493 e. The maximum Gasteiger partial charge on any atom is 0.344 e. The summed E-state index contributed by atoms with van der Waals surface area (Å²) in [5.74, 6) is 0.758. The molecular weight excluding hydrogens is 256 g/mol. The molecule has 0 aliphatic carbocycles. The predicted octanol–water partition coefficient (Wildman–Crippen LogP) is 2.83. The van der Waals surface area contributed by atoms with Crippen LogP contribution in [0.25, 0.3) is 21.7 Å². The van der Waals surface area contributed by atoms with Crippen LogP contribution in [-0.2, 0) is 0 Å². The smallest absolute Gasteiger partial charge is 0.344 e. The highest BCUT2D eigenvalue weighted by atomic mass is 16.5. The van der Waals surface area contributed by atoms with E-state index in [1.165, 1.54) is 0 Å². The molecule has 0 aliphatic heterocycles. The van der Waals surface area contributed by atoms with Crippen molar-refractivity contribution in [3.63, 3.8) is 0 Å². The third-order valence-electron chi connectivity index (χ3n) is 3.29. The van der Waals surface area contributed by atoms with Crippen molar-refractivity contribution in [1.29, 1.82) is 0 Å². The molecule has 3 aromatic rings. The number of hydrogen-bond acceptors (Lipinski definition) is 3. The second-order valence-corrected chi connectivity index (χ2v) is 4.43. The predicted molar refractivity (Wildman–Crippen MR) is 79.5 cm³/mol. The van der Waals surface area contributed by atoms with E-state index in [1.54, 1.807) is 6.07 Å². The van der Waals surface area contributed by atoms with Crippen molar-refractivity contribution in [2.45, 2.75) is 13.8 Å². The van der Waals surface area contributed by atoms with Crippen LogP contribution < -0.4 is 10.4 Å². The summed E-state index contributed by atoms with van der Waals surface area (Å²) < 4.78 is 11.0. The van der Waals surface area contributed by atoms with Crippen molar-refractivity contribution >= 4 is 21.7 Å². The number of fused-ring (bicyclic) bond motifs is 3. The molecule has 20 heavy (non-hydrogen) atoms. The molecule has 0 unspecified atom stereocenters. The normalized spacial score (nSPS) is 10.5. The topological polar surface area (TPSA) is 70.9 Å². The van der Waals surface area contributed by atoms with E-state index < -0.39 is 0 Å². The van der Waals surface area contributed by atoms with E-state index in [9.17, 15) is 4.79 Å². The second-order valence-electron chi connectivity index (χ2n) is 4.43. The first-order chi connectivity index (χ1) is 9.22. The van der Waals surface area contributed by atoms with Gasteiger partial charge in [0.15, 0.2) is 0 Å². The summed E-state index contributed by atoms with van der Waals surface area (Å²) >= 11 is 0. The Morgan fingerprint density at radius 2 is 1.75 bits per heavy atom. The highest BCUT2D eigenvalue weighted by Gasteiger charge is 2.11. The van der Waals surface area contributed by atoms with Crippen LogP contribution >= 0.6 is 0 Å². The lowest BCUT2D eigenvalue weighted by Gasteiger charge is -2.10. The first-order valence-corrected chi connectivity index (χ1v) is 6.30. The lowest BCUT2D eigenvalue weighted by molar-refractivity contribution is 0.337. The summed E-state index contributed by atoms with van der Waals surface area (Å²) in [4.78, 5) is 12.0. The van der Waals surface area contributed by atoms with Gasteiger partial charge in [-0.3, -0.25) is 0 Å². The van der Waals surface area contributed by atoms with Gasteiger partial charge in [0.2, 0.25) is 0 Å². The molecule has 0 fully saturated rings. The number of hydrogen-bond donors (Lipinski definition) is 0. The van der Waals surface area contributed by atoms with Crippen molar-refractivity contribution in [3.8, 4) is 5.75 Å². The molecule has 0 amide bonds. The quantitative estimate of drug-likeness (QED) is 0.532. The standard InChI is InChI=1S/C16H14O3.H2O/c1-3-18-14-9-8-12-11-6-4-5-7-13(11)16(17)19-15(12)10(14)2;/h4-9H,3H2,1-2H3;1H2. The molecule has 104 valence electrons. The first-order valence-electron chi connectivity index (χ1n) is 6.30. The van der Waals surface area contributed by atoms with Crippen LogP contribution in [0.2, 0.25) is 0 Å². The minimum Gasteiger partial charge on any atom is -0.493 e. The summed E-state index contributed by atoms with van der Waals surface area (Å²) in [6, 6.07) is 11.4. The van der Waals surface area contributed by atoms with Gasteiger partial charge in [-0.15, -0.1) is 0 Å². The van der Waals surface area contributed by atoms with Crippen molar-refractivity contribution in [2.24, 2.45) is 0 Å². The summed E-state index contributed by atoms with van der Waals surface area (Å²) in [6.45, 7) is 4.43. The molecule has 0 radical (unpaired) electrons. The van der Waals surface area contributed by atoms with Gasteiger partial charge in [0.1, 0.15) is 11.3 Å². The maximum atomic E-state index is 12.0. The fourth-order valence-corrected chi connectivity index (χ4v) is 2.37. The van der Waals surface area contributed by atoms with Gasteiger partial charge in [-0.25, -0.2) is 4.79 Å². The fraction of sp³-hybridized carbons (Fsp3) is 0.188. The lowest BCUT2D eigenvalue weighted by atomic mass is 10.0. The van der Waals surface area contributed by atoms with E-state index in [4.69, 9.17) is 9.15 Å². The Morgan fingerprint density at radius 1 is 1.05 bits per heavy atom. The third kappa shape index (κ3) is 2.04. The van der Waals surface area contributed by atoms with Crippen LogP contribution in [0.15, 0.2) is 45.6 Å². The van der Waals surface area contributed by atoms with Crippen molar-refractivity contribution < 1.29 is 14.6 Å². The van der Waals surface area contributed by atoms with Crippen LogP contribution in [-0.4, -0.2) is 12.1 Å². The van der Waals surface area contributed by atoms with E-state index in [0.29, 0.717) is 17.6 Å². The molecule has 2 N–H and O–H groups in total. The van der Waals surface area contributed by atoms with Gasteiger partial charge in [-0.1, -0.05) is 18.2 Å². The highest BCUT2D eigenvalue weighted by molar-refractivity contribution is 6.05. The van der Waals surface area contributed by atoms with Crippen molar-refractivity contribution in [3.05, 3.63) is 52.4 Å². The van der Waals surface area contributed by atoms with Gasteiger partial charge in [-0.05, 0) is 37.4 Å². The molecule has 0 bridgehead atoms. The molecule has 1 heterocycles. The van der Waals surface area contributed by atoms with Crippen molar-refractivity contribution in [1.82, 2.24) is 0 Å². The van der Waals surface area contributed by atoms with E-state index in [-0.39, 0.29) is 11.1 Å². The summed E-state index contributed by atoms with van der Waals surface area (Å²) in [6.07, 6.45) is 0. The van der Waals surface area contributed by atoms with Crippen LogP contribution in [0.5, 0.6) is 5.75 Å². The SMILES string of the molecule is CCOc1ccc2c(oc(=O)c3ccccc32)c1C.O. The molecular formula is C16H16O4. The van der Waals surface area contributed by atoms with E-state index in [1.807, 2.05) is 44.2 Å². The summed E-state index contributed by atoms with van der Waals surface area (Å²) in [5, 5.41) is 2.47. The van der Waals surface area contributed by atoms with Crippen LogP contribution in [0.3, 0.4) is 0 Å². The molecule has 0 saturated heterocycles. The molecule has 4 heteroatoms. The van der Waals surface area contributed by atoms with E-state index in [2.05, 4.69) is 0 Å². The zero-order valence-electron chi connectivity index (χ0n) is 11.4. The third-order valence-corrected chi connectivity index (χ3v) is 3.29. The molecule has 3 rings (SSSR count). The van der Waals surface area contributed by atoms with Gasteiger partial charge in [0.25, 0.3) is 0 Å². The Balaban J connectivity index is 0.00000147. The zero-order chi connectivity index (χ0) is 13.4. The molecule has 2 aromatic carbocycles. The maximum absolute atomic E-state index is 12.0. The Labute approximate surface area is 115 Å². The Bertz CT molecular complexity index is 818.